The number of thioether (sulfide) groups is 1. The van der Waals surface area contributed by atoms with Crippen LogP contribution in [0.25, 0.3) is 10.9 Å². The van der Waals surface area contributed by atoms with Crippen LogP contribution in [0, 0.1) is 0 Å². The van der Waals surface area contributed by atoms with E-state index in [-0.39, 0.29) is 5.78 Å². The summed E-state index contributed by atoms with van der Waals surface area (Å²) in [4.78, 5) is 15.7. The van der Waals surface area contributed by atoms with Crippen molar-refractivity contribution in [2.75, 3.05) is 32.2 Å². The van der Waals surface area contributed by atoms with Crippen molar-refractivity contribution in [2.24, 2.45) is 0 Å². The Hall–Kier alpha value is -2.24. The van der Waals surface area contributed by atoms with E-state index in [1.165, 1.54) is 5.75 Å². The van der Waals surface area contributed by atoms with Crippen LogP contribution in [0.1, 0.15) is 16.1 Å². The number of aromatic nitrogens is 1. The minimum Gasteiger partial charge on any atom is -0.497 e. The summed E-state index contributed by atoms with van der Waals surface area (Å²) in [6.45, 7) is 1.92. The number of likely N-dealkylation sites (N-methyl/N-ethyl adjacent to an activating group) is 1. The number of methoxy groups -OCH3 is 1. The number of nitrogens with zero attached hydrogens (tertiary/aromatic N) is 2. The van der Waals surface area contributed by atoms with E-state index in [4.69, 9.17) is 4.74 Å². The van der Waals surface area contributed by atoms with E-state index >= 15 is 0 Å². The molecule has 2 heterocycles. The maximum atomic E-state index is 13.3. The molecule has 1 saturated heterocycles. The average molecular weight is 381 g/mol. The molecule has 0 bridgehead atoms. The van der Waals surface area contributed by atoms with Gasteiger partial charge in [0.1, 0.15) is 5.75 Å². The smallest absolute Gasteiger partial charge is 0.209 e. The van der Waals surface area contributed by atoms with Crippen LogP contribution in [0.3, 0.4) is 0 Å². The zero-order valence-corrected chi connectivity index (χ0v) is 16.5. The van der Waals surface area contributed by atoms with Crippen molar-refractivity contribution in [3.8, 4) is 5.75 Å². The van der Waals surface area contributed by atoms with Crippen molar-refractivity contribution in [1.82, 2.24) is 9.47 Å². The zero-order chi connectivity index (χ0) is 18.8. The van der Waals surface area contributed by atoms with E-state index in [2.05, 4.69) is 28.6 Å². The van der Waals surface area contributed by atoms with Crippen LogP contribution in [-0.2, 0) is 6.54 Å². The second kappa shape index (κ2) is 7.79. The lowest BCUT2D eigenvalue weighted by Crippen LogP contribution is -2.42. The number of hydrogen-bond acceptors (Lipinski definition) is 4. The zero-order valence-electron chi connectivity index (χ0n) is 15.7. The van der Waals surface area contributed by atoms with Gasteiger partial charge in [-0.05, 0) is 43.4 Å². The third kappa shape index (κ3) is 3.62. The molecule has 4 rings (SSSR count). The number of benzene rings is 2. The topological polar surface area (TPSA) is 34.5 Å². The van der Waals surface area contributed by atoms with Crippen LogP contribution in [0.2, 0.25) is 0 Å². The van der Waals surface area contributed by atoms with Gasteiger partial charge < -0.3 is 9.30 Å². The van der Waals surface area contributed by atoms with Crippen molar-refractivity contribution < 1.29 is 9.53 Å². The predicted octanol–water partition coefficient (Wildman–Crippen LogP) is 3.93. The van der Waals surface area contributed by atoms with Gasteiger partial charge in [0, 0.05) is 47.1 Å². The molecule has 1 aliphatic rings. The summed E-state index contributed by atoms with van der Waals surface area (Å²) in [6, 6.07) is 18.1. The number of hydrogen-bond donors (Lipinski definition) is 0. The lowest BCUT2D eigenvalue weighted by atomic mass is 10.1. The number of rotatable bonds is 5. The van der Waals surface area contributed by atoms with E-state index in [0.717, 1.165) is 41.2 Å². The molecule has 5 heteroatoms. The van der Waals surface area contributed by atoms with E-state index in [1.54, 1.807) is 7.11 Å². The number of fused-ring (bicyclic) bond motifs is 1. The van der Waals surface area contributed by atoms with Gasteiger partial charge in [0.15, 0.2) is 0 Å². The van der Waals surface area contributed by atoms with Crippen molar-refractivity contribution in [3.63, 3.8) is 0 Å². The largest absolute Gasteiger partial charge is 0.497 e. The van der Waals surface area contributed by atoms with Crippen LogP contribution in [0.5, 0.6) is 5.75 Å². The minimum atomic E-state index is 0.0555. The van der Waals surface area contributed by atoms with Crippen molar-refractivity contribution >= 4 is 28.4 Å². The molecule has 0 radical (unpaired) electrons. The molecule has 1 unspecified atom stereocenters. The van der Waals surface area contributed by atoms with E-state index in [1.807, 2.05) is 54.2 Å². The quantitative estimate of drug-likeness (QED) is 0.628. The normalized spacial score (nSPS) is 17.9. The average Bonchev–Trinajstić information content (AvgIpc) is 3.08. The van der Waals surface area contributed by atoms with Gasteiger partial charge in [-0.25, -0.2) is 0 Å². The second-order valence-electron chi connectivity index (χ2n) is 6.97. The highest BCUT2D eigenvalue weighted by molar-refractivity contribution is 7.99. The first kappa shape index (κ1) is 18.1. The summed E-state index contributed by atoms with van der Waals surface area (Å²) in [7, 11) is 3.81. The maximum Gasteiger partial charge on any atom is 0.209 e. The highest BCUT2D eigenvalue weighted by atomic mass is 32.2. The Morgan fingerprint density at radius 3 is 2.70 bits per heavy atom. The van der Waals surface area contributed by atoms with Gasteiger partial charge in [0.05, 0.1) is 12.8 Å². The second-order valence-corrected chi connectivity index (χ2v) is 8.12. The summed E-state index contributed by atoms with van der Waals surface area (Å²) >= 11 is 1.99. The van der Waals surface area contributed by atoms with Gasteiger partial charge in [-0.1, -0.05) is 18.2 Å². The Balaban J connectivity index is 1.73. The first-order chi connectivity index (χ1) is 13.2. The van der Waals surface area contributed by atoms with Gasteiger partial charge in [0.25, 0.3) is 0 Å². The number of ketones is 1. The monoisotopic (exact) mass is 380 g/mol. The third-order valence-electron chi connectivity index (χ3n) is 5.31. The molecule has 0 N–H and O–H groups in total. The van der Waals surface area contributed by atoms with E-state index in [0.29, 0.717) is 11.6 Å². The first-order valence-electron chi connectivity index (χ1n) is 9.22. The summed E-state index contributed by atoms with van der Waals surface area (Å²) < 4.78 is 7.42. The fraction of sp³-hybridized carbons (Fsp3) is 0.318. The highest BCUT2D eigenvalue weighted by Gasteiger charge is 2.24. The van der Waals surface area contributed by atoms with Crippen LogP contribution in [-0.4, -0.2) is 53.5 Å². The molecular weight excluding hydrogens is 356 g/mol. The van der Waals surface area contributed by atoms with Gasteiger partial charge in [-0.15, -0.1) is 0 Å². The summed E-state index contributed by atoms with van der Waals surface area (Å²) in [5, 5.41) is 1.11. The van der Waals surface area contributed by atoms with Crippen molar-refractivity contribution in [1.29, 1.82) is 0 Å². The number of ether oxygens (including phenoxy) is 1. The summed E-state index contributed by atoms with van der Waals surface area (Å²) in [6.07, 6.45) is 0. The Labute approximate surface area is 164 Å². The lowest BCUT2D eigenvalue weighted by Gasteiger charge is -2.33. The molecule has 0 spiro atoms. The van der Waals surface area contributed by atoms with E-state index in [9.17, 15) is 4.79 Å². The van der Waals surface area contributed by atoms with Crippen LogP contribution in [0.15, 0.2) is 54.6 Å². The molecular formula is C22H24N2O2S. The molecule has 2 aromatic carbocycles. The van der Waals surface area contributed by atoms with Gasteiger partial charge in [-0.3, -0.25) is 9.69 Å². The fourth-order valence-corrected chi connectivity index (χ4v) is 4.84. The van der Waals surface area contributed by atoms with Crippen LogP contribution >= 0.6 is 11.8 Å². The predicted molar refractivity (Wildman–Crippen MR) is 112 cm³/mol. The maximum absolute atomic E-state index is 13.3. The molecule has 0 amide bonds. The first-order valence-corrected chi connectivity index (χ1v) is 10.4. The van der Waals surface area contributed by atoms with Crippen molar-refractivity contribution in [3.05, 3.63) is 65.9 Å². The Morgan fingerprint density at radius 1 is 1.19 bits per heavy atom. The third-order valence-corrected chi connectivity index (χ3v) is 6.40. The standard InChI is InChI=1S/C22H24N2O2S/c1-23-11-12-27-15-18(23)14-24-20-6-4-3-5-17(20)13-21(24)22(25)16-7-9-19(26-2)10-8-16/h3-10,13,18H,11-12,14-15H2,1-2H3. The molecule has 1 fully saturated rings. The molecule has 4 nitrogen and oxygen atoms in total. The Bertz CT molecular complexity index is 949. The Kier molecular flexibility index (Phi) is 5.23. The number of para-hydroxylation sites is 1. The molecule has 1 aromatic heterocycles. The minimum absolute atomic E-state index is 0.0555. The molecule has 27 heavy (non-hydrogen) atoms. The molecule has 140 valence electrons. The van der Waals surface area contributed by atoms with Crippen LogP contribution in [0.4, 0.5) is 0 Å². The van der Waals surface area contributed by atoms with Gasteiger partial charge in [0.2, 0.25) is 5.78 Å². The molecule has 0 saturated carbocycles. The van der Waals surface area contributed by atoms with Gasteiger partial charge >= 0.3 is 0 Å². The number of carbonyl (C=O) groups is 1. The SMILES string of the molecule is COc1ccc(C(=O)c2cc3ccccc3n2CC2CSCCN2C)cc1. The molecule has 1 atom stereocenters. The molecule has 1 aliphatic heterocycles. The fourth-order valence-electron chi connectivity index (χ4n) is 3.63. The molecule has 3 aromatic rings. The van der Waals surface area contributed by atoms with Crippen molar-refractivity contribution in [2.45, 2.75) is 12.6 Å². The van der Waals surface area contributed by atoms with E-state index < -0.39 is 0 Å². The highest BCUT2D eigenvalue weighted by Crippen LogP contribution is 2.25. The number of carbonyl (C=O) groups excluding carboxylic acids is 1. The van der Waals surface area contributed by atoms with Gasteiger partial charge in [-0.2, -0.15) is 11.8 Å². The summed E-state index contributed by atoms with van der Waals surface area (Å²) in [5.41, 5.74) is 2.56. The van der Waals surface area contributed by atoms with Crippen LogP contribution < -0.4 is 4.74 Å². The molecule has 0 aliphatic carbocycles. The lowest BCUT2D eigenvalue weighted by molar-refractivity contribution is 0.102. The Morgan fingerprint density at radius 2 is 1.96 bits per heavy atom. The summed E-state index contributed by atoms with van der Waals surface area (Å²) in [5.74, 6) is 3.09.